The Balaban J connectivity index is 1.76. The molecule has 0 atom stereocenters. The Hall–Kier alpha value is -2.43. The number of halogens is 1. The summed E-state index contributed by atoms with van der Waals surface area (Å²) in [5, 5.41) is 1.31. The zero-order valence-electron chi connectivity index (χ0n) is 13.7. The number of carbonyl (C=O) groups excluding carboxylic acids is 1. The van der Waals surface area contributed by atoms with Crippen LogP contribution >= 0.6 is 11.6 Å². The molecule has 3 aromatic rings. The van der Waals surface area contributed by atoms with Crippen molar-refractivity contribution in [2.75, 3.05) is 6.54 Å². The van der Waals surface area contributed by atoms with Gasteiger partial charge < -0.3 is 5.73 Å². The van der Waals surface area contributed by atoms with Gasteiger partial charge in [-0.1, -0.05) is 41.9 Å². The van der Waals surface area contributed by atoms with E-state index in [2.05, 4.69) is 17.0 Å². The molecule has 1 amide bonds. The largest absolute Gasteiger partial charge is 0.366 e. The molecule has 0 spiro atoms. The molecule has 0 radical (unpaired) electrons. The highest BCUT2D eigenvalue weighted by atomic mass is 35.5. The molecule has 5 heteroatoms. The molecule has 1 aliphatic heterocycles. The van der Waals surface area contributed by atoms with Gasteiger partial charge in [-0.3, -0.25) is 14.7 Å². The number of benzene rings is 2. The Morgan fingerprint density at radius 2 is 2.00 bits per heavy atom. The maximum absolute atomic E-state index is 12.2. The molecular weight excluding hydrogens is 334 g/mol. The van der Waals surface area contributed by atoms with Crippen LogP contribution in [0.4, 0.5) is 0 Å². The van der Waals surface area contributed by atoms with Gasteiger partial charge in [-0.15, -0.1) is 0 Å². The highest BCUT2D eigenvalue weighted by Crippen LogP contribution is 2.30. The summed E-state index contributed by atoms with van der Waals surface area (Å²) >= 11 is 6.12. The van der Waals surface area contributed by atoms with Gasteiger partial charge >= 0.3 is 0 Å². The van der Waals surface area contributed by atoms with Gasteiger partial charge in [-0.25, -0.2) is 0 Å². The summed E-state index contributed by atoms with van der Waals surface area (Å²) in [5.41, 5.74) is 10.2. The number of nitrogens with two attached hydrogens (primary N) is 1. The van der Waals surface area contributed by atoms with E-state index in [9.17, 15) is 4.79 Å². The van der Waals surface area contributed by atoms with E-state index in [-0.39, 0.29) is 0 Å². The smallest absolute Gasteiger partial charge is 0.249 e. The van der Waals surface area contributed by atoms with Crippen LogP contribution in [0.2, 0.25) is 5.02 Å². The summed E-state index contributed by atoms with van der Waals surface area (Å²) in [6, 6.07) is 15.7. The van der Waals surface area contributed by atoms with Gasteiger partial charge in [-0.05, 0) is 23.8 Å². The van der Waals surface area contributed by atoms with Crippen LogP contribution in [0.3, 0.4) is 0 Å². The molecule has 1 aliphatic rings. The Morgan fingerprint density at radius 1 is 1.20 bits per heavy atom. The van der Waals surface area contributed by atoms with Crippen molar-refractivity contribution in [1.82, 2.24) is 9.88 Å². The molecule has 126 valence electrons. The zero-order chi connectivity index (χ0) is 17.4. The maximum Gasteiger partial charge on any atom is 0.249 e. The number of carbonyl (C=O) groups is 1. The minimum Gasteiger partial charge on any atom is -0.366 e. The fourth-order valence-electron chi connectivity index (χ4n) is 3.53. The number of primary amides is 1. The average molecular weight is 352 g/mol. The lowest BCUT2D eigenvalue weighted by Crippen LogP contribution is -2.33. The van der Waals surface area contributed by atoms with Crippen molar-refractivity contribution in [2.24, 2.45) is 5.73 Å². The lowest BCUT2D eigenvalue weighted by Gasteiger charge is -2.30. The van der Waals surface area contributed by atoms with Crippen LogP contribution in [0, 0.1) is 0 Å². The minimum atomic E-state index is -0.424. The topological polar surface area (TPSA) is 59.2 Å². The van der Waals surface area contributed by atoms with E-state index in [0.29, 0.717) is 17.1 Å². The summed E-state index contributed by atoms with van der Waals surface area (Å²) in [6.07, 6.45) is 0.807. The van der Waals surface area contributed by atoms with Gasteiger partial charge in [0.2, 0.25) is 5.91 Å². The Bertz CT molecular complexity index is 956. The number of rotatable bonds is 3. The molecule has 4 nitrogen and oxygen atoms in total. The molecule has 0 aliphatic carbocycles. The second kappa shape index (κ2) is 6.47. The first-order valence-electron chi connectivity index (χ1n) is 8.29. The van der Waals surface area contributed by atoms with Crippen LogP contribution in [0.25, 0.3) is 10.9 Å². The quantitative estimate of drug-likeness (QED) is 0.785. The van der Waals surface area contributed by atoms with Crippen LogP contribution in [-0.4, -0.2) is 22.3 Å². The van der Waals surface area contributed by atoms with Crippen molar-refractivity contribution in [2.45, 2.75) is 19.5 Å². The monoisotopic (exact) mass is 351 g/mol. The van der Waals surface area contributed by atoms with Crippen molar-refractivity contribution < 1.29 is 4.79 Å². The number of fused-ring (bicyclic) bond motifs is 2. The first kappa shape index (κ1) is 16.1. The highest BCUT2D eigenvalue weighted by Gasteiger charge is 2.25. The molecule has 0 fully saturated rings. The van der Waals surface area contributed by atoms with Crippen LogP contribution in [-0.2, 0) is 19.5 Å². The number of hydrogen-bond donors (Lipinski definition) is 1. The molecule has 2 N–H and O–H groups in total. The minimum absolute atomic E-state index is 0.424. The maximum atomic E-state index is 12.2. The number of nitrogens with zero attached hydrogens (tertiary/aromatic N) is 2. The third-order valence-corrected chi connectivity index (χ3v) is 4.91. The SMILES string of the molecule is NC(=O)c1c2c(nc3ccc(Cl)cc13)CCN(Cc1ccccc1)C2. The van der Waals surface area contributed by atoms with E-state index >= 15 is 0 Å². The molecule has 0 saturated carbocycles. The van der Waals surface area contributed by atoms with Gasteiger partial charge in [0, 0.05) is 47.7 Å². The van der Waals surface area contributed by atoms with Crippen molar-refractivity contribution in [1.29, 1.82) is 0 Å². The zero-order valence-corrected chi connectivity index (χ0v) is 14.5. The first-order valence-corrected chi connectivity index (χ1v) is 8.67. The van der Waals surface area contributed by atoms with Crippen LogP contribution in [0.1, 0.15) is 27.2 Å². The van der Waals surface area contributed by atoms with Crippen LogP contribution < -0.4 is 5.73 Å². The summed E-state index contributed by atoms with van der Waals surface area (Å²) in [7, 11) is 0. The van der Waals surface area contributed by atoms with Gasteiger partial charge in [0.25, 0.3) is 0 Å². The molecule has 1 aromatic heterocycles. The predicted octanol–water partition coefficient (Wildman–Crippen LogP) is 3.55. The molecule has 0 bridgehead atoms. The number of aromatic nitrogens is 1. The van der Waals surface area contributed by atoms with E-state index in [1.54, 1.807) is 12.1 Å². The van der Waals surface area contributed by atoms with Gasteiger partial charge in [0.15, 0.2) is 0 Å². The Morgan fingerprint density at radius 3 is 2.76 bits per heavy atom. The summed E-state index contributed by atoms with van der Waals surface area (Å²) in [4.78, 5) is 19.3. The predicted molar refractivity (Wildman–Crippen MR) is 99.5 cm³/mol. The lowest BCUT2D eigenvalue weighted by atomic mass is 9.95. The summed E-state index contributed by atoms with van der Waals surface area (Å²) < 4.78 is 0. The molecule has 2 aromatic carbocycles. The van der Waals surface area contributed by atoms with Crippen molar-refractivity contribution in [3.8, 4) is 0 Å². The van der Waals surface area contributed by atoms with Gasteiger partial charge in [0.05, 0.1) is 11.1 Å². The van der Waals surface area contributed by atoms with Gasteiger partial charge in [-0.2, -0.15) is 0 Å². The number of hydrogen-bond acceptors (Lipinski definition) is 3. The number of amides is 1. The second-order valence-electron chi connectivity index (χ2n) is 6.38. The molecule has 0 unspecified atom stereocenters. The fraction of sp³-hybridized carbons (Fsp3) is 0.200. The molecule has 4 rings (SSSR count). The third kappa shape index (κ3) is 3.11. The van der Waals surface area contributed by atoms with E-state index in [0.717, 1.165) is 41.7 Å². The average Bonchev–Trinajstić information content (AvgIpc) is 2.60. The van der Waals surface area contributed by atoms with Crippen LogP contribution in [0.15, 0.2) is 48.5 Å². The molecular formula is C20H18ClN3O. The standard InChI is InChI=1S/C20H18ClN3O/c21-14-6-7-17-15(10-14)19(20(22)25)16-12-24(9-8-18(16)23-17)11-13-4-2-1-3-5-13/h1-7,10H,8-9,11-12H2,(H2,22,25). The van der Waals surface area contributed by atoms with Crippen LogP contribution in [0.5, 0.6) is 0 Å². The fourth-order valence-corrected chi connectivity index (χ4v) is 3.70. The van der Waals surface area contributed by atoms with E-state index < -0.39 is 5.91 Å². The first-order chi connectivity index (χ1) is 12.1. The molecule has 0 saturated heterocycles. The van der Waals surface area contributed by atoms with Gasteiger partial charge in [0.1, 0.15) is 0 Å². The third-order valence-electron chi connectivity index (χ3n) is 4.68. The molecule has 25 heavy (non-hydrogen) atoms. The summed E-state index contributed by atoms with van der Waals surface area (Å²) in [5.74, 6) is -0.424. The van der Waals surface area contributed by atoms with Crippen molar-refractivity contribution in [3.05, 3.63) is 75.9 Å². The van der Waals surface area contributed by atoms with Crippen molar-refractivity contribution >= 4 is 28.4 Å². The second-order valence-corrected chi connectivity index (χ2v) is 6.82. The summed E-state index contributed by atoms with van der Waals surface area (Å²) in [6.45, 7) is 2.41. The van der Waals surface area contributed by atoms with E-state index in [1.165, 1.54) is 5.56 Å². The Labute approximate surface area is 151 Å². The Kier molecular flexibility index (Phi) is 4.15. The normalized spacial score (nSPS) is 14.4. The highest BCUT2D eigenvalue weighted by molar-refractivity contribution is 6.31. The van der Waals surface area contributed by atoms with E-state index in [1.807, 2.05) is 24.3 Å². The lowest BCUT2D eigenvalue weighted by molar-refractivity contribution is 0.0999. The van der Waals surface area contributed by atoms with Crippen molar-refractivity contribution in [3.63, 3.8) is 0 Å². The molecule has 2 heterocycles. The number of pyridine rings is 1. The van der Waals surface area contributed by atoms with E-state index in [4.69, 9.17) is 22.3 Å².